The van der Waals surface area contributed by atoms with Gasteiger partial charge in [-0.25, -0.2) is 9.78 Å². The number of urea groups is 1. The van der Waals surface area contributed by atoms with Crippen LogP contribution in [0.4, 0.5) is 10.6 Å². The summed E-state index contributed by atoms with van der Waals surface area (Å²) in [5.41, 5.74) is 7.50. The summed E-state index contributed by atoms with van der Waals surface area (Å²) in [7, 11) is 1.65. The molecule has 0 aromatic carbocycles. The van der Waals surface area contributed by atoms with Gasteiger partial charge in [-0.15, -0.1) is 0 Å². The van der Waals surface area contributed by atoms with Gasteiger partial charge in [-0.05, 0) is 31.5 Å². The Kier molecular flexibility index (Phi) is 6.18. The van der Waals surface area contributed by atoms with Crippen molar-refractivity contribution in [2.45, 2.75) is 19.8 Å². The maximum atomic E-state index is 12.2. The highest BCUT2D eigenvalue weighted by molar-refractivity contribution is 6.08. The second-order valence-electron chi connectivity index (χ2n) is 6.35. The average Bonchev–Trinajstić information content (AvgIpc) is 3.14. The summed E-state index contributed by atoms with van der Waals surface area (Å²) in [6, 6.07) is 6.32. The number of aromatic nitrogens is 2. The standard InChI is InChI=1S/C20H22N6O3/c1-13-17(29-15-7-8-23-16(10-15)14(11-21)12-22-2)5-6-18(24-13)25-20(28)26-9-3-4-19(26)27/h5-8,10-12H,3-4,9,21H2,1-2H3,(H,24,25,28). The molecule has 0 unspecified atom stereocenters. The Morgan fingerprint density at radius 1 is 1.38 bits per heavy atom. The highest BCUT2D eigenvalue weighted by Gasteiger charge is 2.26. The van der Waals surface area contributed by atoms with Crippen LogP contribution in [0, 0.1) is 6.92 Å². The van der Waals surface area contributed by atoms with E-state index in [0.717, 1.165) is 0 Å². The number of rotatable bonds is 5. The molecule has 150 valence electrons. The van der Waals surface area contributed by atoms with Crippen LogP contribution in [0.5, 0.6) is 11.5 Å². The molecule has 0 atom stereocenters. The molecule has 3 amide bonds. The molecule has 0 radical (unpaired) electrons. The number of likely N-dealkylation sites (tertiary alicyclic amines) is 1. The van der Waals surface area contributed by atoms with Gasteiger partial charge in [0.2, 0.25) is 5.91 Å². The van der Waals surface area contributed by atoms with Crippen LogP contribution in [0.25, 0.3) is 5.57 Å². The highest BCUT2D eigenvalue weighted by atomic mass is 16.5. The Balaban J connectivity index is 1.73. The van der Waals surface area contributed by atoms with Crippen LogP contribution < -0.4 is 15.8 Å². The van der Waals surface area contributed by atoms with Gasteiger partial charge in [-0.3, -0.25) is 25.0 Å². The SMILES string of the molecule is CN=CC(=CN)c1cc(Oc2ccc(NC(=O)N3CCCC3=O)nc2C)ccn1. The first kappa shape index (κ1) is 20.0. The zero-order chi connectivity index (χ0) is 20.8. The second kappa shape index (κ2) is 8.96. The van der Waals surface area contributed by atoms with Crippen molar-refractivity contribution in [2.75, 3.05) is 18.9 Å². The van der Waals surface area contributed by atoms with Crippen LogP contribution in [0.3, 0.4) is 0 Å². The van der Waals surface area contributed by atoms with Crippen LogP contribution in [-0.4, -0.2) is 46.6 Å². The molecular weight excluding hydrogens is 372 g/mol. The van der Waals surface area contributed by atoms with Crippen LogP contribution in [0.15, 0.2) is 41.7 Å². The van der Waals surface area contributed by atoms with E-state index in [9.17, 15) is 9.59 Å². The van der Waals surface area contributed by atoms with E-state index in [1.807, 2.05) is 0 Å². The lowest BCUT2D eigenvalue weighted by Gasteiger charge is -2.15. The number of hydrogen-bond donors (Lipinski definition) is 2. The fourth-order valence-electron chi connectivity index (χ4n) is 2.86. The Hall–Kier alpha value is -3.75. The van der Waals surface area contributed by atoms with E-state index in [1.165, 1.54) is 11.1 Å². The van der Waals surface area contributed by atoms with E-state index < -0.39 is 6.03 Å². The number of hydrogen-bond acceptors (Lipinski definition) is 7. The van der Waals surface area contributed by atoms with Crippen molar-refractivity contribution in [3.63, 3.8) is 0 Å². The smallest absolute Gasteiger partial charge is 0.329 e. The zero-order valence-corrected chi connectivity index (χ0v) is 16.3. The number of anilines is 1. The predicted octanol–water partition coefficient (Wildman–Crippen LogP) is 2.73. The van der Waals surface area contributed by atoms with Crippen molar-refractivity contribution in [1.29, 1.82) is 0 Å². The fourth-order valence-corrected chi connectivity index (χ4v) is 2.86. The average molecular weight is 394 g/mol. The van der Waals surface area contributed by atoms with Crippen molar-refractivity contribution in [1.82, 2.24) is 14.9 Å². The highest BCUT2D eigenvalue weighted by Crippen LogP contribution is 2.26. The number of allylic oxidation sites excluding steroid dienone is 1. The molecule has 1 saturated heterocycles. The largest absolute Gasteiger partial charge is 0.455 e. The van der Waals surface area contributed by atoms with Gasteiger partial charge in [0.05, 0.1) is 11.4 Å². The third-order valence-electron chi connectivity index (χ3n) is 4.29. The molecule has 9 nitrogen and oxygen atoms in total. The third-order valence-corrected chi connectivity index (χ3v) is 4.29. The maximum absolute atomic E-state index is 12.2. The third kappa shape index (κ3) is 4.75. The quantitative estimate of drug-likeness (QED) is 0.752. The minimum absolute atomic E-state index is 0.174. The maximum Gasteiger partial charge on any atom is 0.329 e. The van der Waals surface area contributed by atoms with Gasteiger partial charge in [0.1, 0.15) is 17.3 Å². The molecule has 1 aliphatic rings. The first-order valence-corrected chi connectivity index (χ1v) is 9.09. The molecule has 3 rings (SSSR count). The van der Waals surface area contributed by atoms with Crippen molar-refractivity contribution in [3.05, 3.63) is 48.1 Å². The minimum Gasteiger partial charge on any atom is -0.455 e. The number of imide groups is 1. The lowest BCUT2D eigenvalue weighted by Crippen LogP contribution is -2.35. The number of aryl methyl sites for hydroxylation is 1. The first-order chi connectivity index (χ1) is 14.0. The van der Waals surface area contributed by atoms with Crippen molar-refractivity contribution >= 4 is 29.5 Å². The summed E-state index contributed by atoms with van der Waals surface area (Å²) >= 11 is 0. The van der Waals surface area contributed by atoms with Gasteiger partial charge in [0.15, 0.2) is 0 Å². The molecule has 3 N–H and O–H groups in total. The minimum atomic E-state index is -0.467. The normalized spacial score (nSPS) is 14.5. The lowest BCUT2D eigenvalue weighted by molar-refractivity contribution is -0.125. The number of nitrogens with one attached hydrogen (secondary N) is 1. The van der Waals surface area contributed by atoms with E-state index in [0.29, 0.717) is 53.7 Å². The molecule has 1 fully saturated rings. The van der Waals surface area contributed by atoms with Crippen LogP contribution >= 0.6 is 0 Å². The Morgan fingerprint density at radius 2 is 2.21 bits per heavy atom. The number of ether oxygens (including phenoxy) is 1. The zero-order valence-electron chi connectivity index (χ0n) is 16.3. The number of nitrogens with zero attached hydrogens (tertiary/aromatic N) is 4. The van der Waals surface area contributed by atoms with Gasteiger partial charge in [0.25, 0.3) is 0 Å². The molecular formula is C20H22N6O3. The summed E-state index contributed by atoms with van der Waals surface area (Å²) in [5.74, 6) is 1.26. The molecule has 0 aliphatic carbocycles. The van der Waals surface area contributed by atoms with Gasteiger partial charge in [0, 0.05) is 50.3 Å². The number of nitrogens with two attached hydrogens (primary N) is 1. The molecule has 9 heteroatoms. The van der Waals surface area contributed by atoms with E-state index in [4.69, 9.17) is 10.5 Å². The summed E-state index contributed by atoms with van der Waals surface area (Å²) in [6.45, 7) is 2.19. The molecule has 0 spiro atoms. The number of carbonyl (C=O) groups excluding carboxylic acids is 2. The summed E-state index contributed by atoms with van der Waals surface area (Å²) in [6.07, 6.45) is 5.73. The predicted molar refractivity (Wildman–Crippen MR) is 110 cm³/mol. The van der Waals surface area contributed by atoms with Crippen molar-refractivity contribution < 1.29 is 14.3 Å². The van der Waals surface area contributed by atoms with Crippen LogP contribution in [0.1, 0.15) is 24.2 Å². The van der Waals surface area contributed by atoms with Gasteiger partial charge >= 0.3 is 6.03 Å². The number of aliphatic imine (C=N–C) groups is 1. The molecule has 2 aromatic heterocycles. The van der Waals surface area contributed by atoms with E-state index in [1.54, 1.807) is 50.6 Å². The number of amides is 3. The Bertz CT molecular complexity index is 986. The number of carbonyl (C=O) groups is 2. The van der Waals surface area contributed by atoms with Crippen LogP contribution in [0.2, 0.25) is 0 Å². The van der Waals surface area contributed by atoms with Gasteiger partial charge in [-0.2, -0.15) is 0 Å². The van der Waals surface area contributed by atoms with Gasteiger partial charge < -0.3 is 10.5 Å². The van der Waals surface area contributed by atoms with Crippen molar-refractivity contribution in [3.8, 4) is 11.5 Å². The van der Waals surface area contributed by atoms with Crippen molar-refractivity contribution in [2.24, 2.45) is 10.7 Å². The summed E-state index contributed by atoms with van der Waals surface area (Å²) in [5, 5.41) is 2.65. The second-order valence-corrected chi connectivity index (χ2v) is 6.35. The molecule has 0 bridgehead atoms. The molecule has 29 heavy (non-hydrogen) atoms. The topological polar surface area (TPSA) is 123 Å². The van der Waals surface area contributed by atoms with Gasteiger partial charge in [-0.1, -0.05) is 0 Å². The van der Waals surface area contributed by atoms with E-state index >= 15 is 0 Å². The Morgan fingerprint density at radius 3 is 2.86 bits per heavy atom. The molecule has 3 heterocycles. The fraction of sp³-hybridized carbons (Fsp3) is 0.250. The Labute approximate surface area is 168 Å². The monoisotopic (exact) mass is 394 g/mol. The number of pyridine rings is 2. The van der Waals surface area contributed by atoms with E-state index in [2.05, 4.69) is 20.3 Å². The van der Waals surface area contributed by atoms with E-state index in [-0.39, 0.29) is 5.91 Å². The molecule has 0 saturated carbocycles. The van der Waals surface area contributed by atoms with Crippen LogP contribution in [-0.2, 0) is 4.79 Å². The lowest BCUT2D eigenvalue weighted by atomic mass is 10.2. The molecule has 2 aromatic rings. The first-order valence-electron chi connectivity index (χ1n) is 9.09. The molecule has 1 aliphatic heterocycles. The summed E-state index contributed by atoms with van der Waals surface area (Å²) in [4.78, 5) is 37.6. The summed E-state index contributed by atoms with van der Waals surface area (Å²) < 4.78 is 5.91.